The summed E-state index contributed by atoms with van der Waals surface area (Å²) in [6, 6.07) is 4.95. The maximum Gasteiger partial charge on any atom is 0.234 e. The number of rotatable bonds is 4. The lowest BCUT2D eigenvalue weighted by Crippen LogP contribution is -2.14. The predicted octanol–water partition coefficient (Wildman–Crippen LogP) is 2.81. The average Bonchev–Trinajstić information content (AvgIpc) is 2.77. The lowest BCUT2D eigenvalue weighted by atomic mass is 10.3. The summed E-state index contributed by atoms with van der Waals surface area (Å²) in [4.78, 5) is 11.8. The Morgan fingerprint density at radius 3 is 3.00 bits per heavy atom. The van der Waals surface area contributed by atoms with Crippen molar-refractivity contribution >= 4 is 52.0 Å². The molecule has 5 nitrogen and oxygen atoms in total. The van der Waals surface area contributed by atoms with Crippen LogP contribution in [-0.4, -0.2) is 21.9 Å². The Balaban J connectivity index is 1.92. The van der Waals surface area contributed by atoms with Gasteiger partial charge in [0.05, 0.1) is 16.5 Å². The van der Waals surface area contributed by atoms with Gasteiger partial charge in [-0.05, 0) is 25.1 Å². The molecular formula is C11H11ClN4OS2. The van der Waals surface area contributed by atoms with Crippen LogP contribution in [0.4, 0.5) is 11.4 Å². The van der Waals surface area contributed by atoms with Gasteiger partial charge in [-0.2, -0.15) is 0 Å². The third kappa shape index (κ3) is 4.09. The highest BCUT2D eigenvalue weighted by Crippen LogP contribution is 2.25. The monoisotopic (exact) mass is 314 g/mol. The van der Waals surface area contributed by atoms with E-state index in [1.165, 1.54) is 23.1 Å². The first-order valence-corrected chi connectivity index (χ1v) is 7.50. The lowest BCUT2D eigenvalue weighted by molar-refractivity contribution is -0.113. The van der Waals surface area contributed by atoms with Crippen LogP contribution in [0.3, 0.4) is 0 Å². The molecule has 100 valence electrons. The summed E-state index contributed by atoms with van der Waals surface area (Å²) in [6.45, 7) is 1.87. The molecular weight excluding hydrogens is 304 g/mol. The largest absolute Gasteiger partial charge is 0.399 e. The minimum absolute atomic E-state index is 0.162. The standard InChI is InChI=1S/C11H11ClN4OS2/c1-6-15-16-11(19-6)18-5-10(17)14-9-4-7(13)2-3-8(9)12/h2-4H,5,13H2,1H3,(H,14,17). The first-order valence-electron chi connectivity index (χ1n) is 5.32. The molecule has 0 aliphatic rings. The van der Waals surface area contributed by atoms with Crippen molar-refractivity contribution in [3.63, 3.8) is 0 Å². The van der Waals surface area contributed by atoms with E-state index in [1.807, 2.05) is 6.92 Å². The van der Waals surface area contributed by atoms with Gasteiger partial charge in [0.15, 0.2) is 4.34 Å². The molecule has 1 aromatic carbocycles. The average molecular weight is 315 g/mol. The van der Waals surface area contributed by atoms with E-state index in [9.17, 15) is 4.79 Å². The number of nitrogen functional groups attached to an aromatic ring is 1. The first kappa shape index (κ1) is 14.1. The summed E-state index contributed by atoms with van der Waals surface area (Å²) in [5, 5.41) is 11.9. The third-order valence-corrected chi connectivity index (χ3v) is 4.40. The summed E-state index contributed by atoms with van der Waals surface area (Å²) in [6.07, 6.45) is 0. The number of hydrogen-bond donors (Lipinski definition) is 2. The molecule has 8 heteroatoms. The first-order chi connectivity index (χ1) is 9.04. The van der Waals surface area contributed by atoms with Crippen LogP contribution in [0.2, 0.25) is 5.02 Å². The van der Waals surface area contributed by atoms with Crippen LogP contribution in [0.25, 0.3) is 0 Å². The molecule has 0 spiro atoms. The molecule has 0 radical (unpaired) electrons. The van der Waals surface area contributed by atoms with E-state index in [0.717, 1.165) is 9.35 Å². The van der Waals surface area contributed by atoms with Crippen LogP contribution in [0.1, 0.15) is 5.01 Å². The zero-order chi connectivity index (χ0) is 13.8. The predicted molar refractivity (Wildman–Crippen MR) is 79.9 cm³/mol. The number of nitrogens with two attached hydrogens (primary N) is 1. The van der Waals surface area contributed by atoms with Crippen molar-refractivity contribution < 1.29 is 4.79 Å². The number of benzene rings is 1. The normalized spacial score (nSPS) is 10.4. The van der Waals surface area contributed by atoms with Gasteiger partial charge >= 0.3 is 0 Å². The Morgan fingerprint density at radius 1 is 1.53 bits per heavy atom. The zero-order valence-corrected chi connectivity index (χ0v) is 12.4. The van der Waals surface area contributed by atoms with Crippen molar-refractivity contribution in [2.45, 2.75) is 11.3 Å². The van der Waals surface area contributed by atoms with E-state index in [1.54, 1.807) is 18.2 Å². The summed E-state index contributed by atoms with van der Waals surface area (Å²) in [5.74, 6) is 0.0881. The fourth-order valence-electron chi connectivity index (χ4n) is 1.29. The minimum atomic E-state index is -0.162. The van der Waals surface area contributed by atoms with Gasteiger partial charge in [-0.15, -0.1) is 10.2 Å². The molecule has 1 amide bonds. The van der Waals surface area contributed by atoms with Gasteiger partial charge in [-0.3, -0.25) is 4.79 Å². The number of carbonyl (C=O) groups is 1. The van der Waals surface area contributed by atoms with Gasteiger partial charge < -0.3 is 11.1 Å². The van der Waals surface area contributed by atoms with Crippen LogP contribution < -0.4 is 11.1 Å². The molecule has 0 bridgehead atoms. The molecule has 0 unspecified atom stereocenters. The van der Waals surface area contributed by atoms with Crippen LogP contribution in [-0.2, 0) is 4.79 Å². The number of nitrogens with one attached hydrogen (secondary N) is 1. The van der Waals surface area contributed by atoms with Gasteiger partial charge in [0.25, 0.3) is 0 Å². The van der Waals surface area contributed by atoms with Crippen molar-refractivity contribution in [2.75, 3.05) is 16.8 Å². The second kappa shape index (κ2) is 6.23. The number of nitrogens with zero attached hydrogens (tertiary/aromatic N) is 2. The van der Waals surface area contributed by atoms with Crippen molar-refractivity contribution in [3.05, 3.63) is 28.2 Å². The molecule has 3 N–H and O–H groups in total. The van der Waals surface area contributed by atoms with Gasteiger partial charge in [0.1, 0.15) is 5.01 Å². The van der Waals surface area contributed by atoms with E-state index in [-0.39, 0.29) is 11.7 Å². The molecule has 1 heterocycles. The van der Waals surface area contributed by atoms with Crippen molar-refractivity contribution in [1.82, 2.24) is 10.2 Å². The molecule has 0 aliphatic heterocycles. The Labute approximate surface area is 123 Å². The third-order valence-electron chi connectivity index (χ3n) is 2.10. The fraction of sp³-hybridized carbons (Fsp3) is 0.182. The SMILES string of the molecule is Cc1nnc(SCC(=O)Nc2cc(N)ccc2Cl)s1. The highest BCUT2D eigenvalue weighted by Gasteiger charge is 2.09. The minimum Gasteiger partial charge on any atom is -0.399 e. The molecule has 0 fully saturated rings. The van der Waals surface area contributed by atoms with Crippen molar-refractivity contribution in [2.24, 2.45) is 0 Å². The lowest BCUT2D eigenvalue weighted by Gasteiger charge is -2.07. The van der Waals surface area contributed by atoms with E-state index < -0.39 is 0 Å². The Bertz CT molecular complexity index is 602. The summed E-state index contributed by atoms with van der Waals surface area (Å²) >= 11 is 8.76. The maximum atomic E-state index is 11.8. The fourth-order valence-corrected chi connectivity index (χ4v) is 3.07. The molecule has 0 aliphatic carbocycles. The highest BCUT2D eigenvalue weighted by molar-refractivity contribution is 8.01. The molecule has 0 saturated carbocycles. The van der Waals surface area contributed by atoms with Gasteiger partial charge in [-0.1, -0.05) is 34.7 Å². The van der Waals surface area contributed by atoms with E-state index in [2.05, 4.69) is 15.5 Å². The second-order valence-electron chi connectivity index (χ2n) is 3.66. The number of carbonyl (C=O) groups excluding carboxylic acids is 1. The topological polar surface area (TPSA) is 80.9 Å². The van der Waals surface area contributed by atoms with Crippen molar-refractivity contribution in [3.8, 4) is 0 Å². The van der Waals surface area contributed by atoms with E-state index >= 15 is 0 Å². The van der Waals surface area contributed by atoms with Crippen LogP contribution in [0.5, 0.6) is 0 Å². The zero-order valence-electron chi connectivity index (χ0n) is 10.0. The highest BCUT2D eigenvalue weighted by atomic mass is 35.5. The van der Waals surface area contributed by atoms with E-state index in [0.29, 0.717) is 16.4 Å². The van der Waals surface area contributed by atoms with Gasteiger partial charge in [0, 0.05) is 5.69 Å². The van der Waals surface area contributed by atoms with Crippen LogP contribution >= 0.6 is 34.7 Å². The number of halogens is 1. The number of hydrogen-bond acceptors (Lipinski definition) is 6. The maximum absolute atomic E-state index is 11.8. The van der Waals surface area contributed by atoms with Crippen LogP contribution in [0, 0.1) is 6.92 Å². The Morgan fingerprint density at radius 2 is 2.32 bits per heavy atom. The Hall–Kier alpha value is -1.31. The number of thioether (sulfide) groups is 1. The Kier molecular flexibility index (Phi) is 4.62. The van der Waals surface area contributed by atoms with E-state index in [4.69, 9.17) is 17.3 Å². The molecule has 2 aromatic rings. The smallest absolute Gasteiger partial charge is 0.234 e. The molecule has 0 saturated heterocycles. The van der Waals surface area contributed by atoms with Crippen molar-refractivity contribution in [1.29, 1.82) is 0 Å². The number of anilines is 2. The molecule has 1 aromatic heterocycles. The quantitative estimate of drug-likeness (QED) is 0.670. The number of amides is 1. The number of aromatic nitrogens is 2. The second-order valence-corrected chi connectivity index (χ2v) is 6.47. The molecule has 0 atom stereocenters. The van der Waals surface area contributed by atoms with Crippen LogP contribution in [0.15, 0.2) is 22.5 Å². The molecule has 19 heavy (non-hydrogen) atoms. The summed E-state index contributed by atoms with van der Waals surface area (Å²) in [5.41, 5.74) is 6.70. The molecule has 2 rings (SSSR count). The van der Waals surface area contributed by atoms with Gasteiger partial charge in [-0.25, -0.2) is 0 Å². The number of aryl methyl sites for hydroxylation is 1. The summed E-state index contributed by atoms with van der Waals surface area (Å²) < 4.78 is 0.770. The summed E-state index contributed by atoms with van der Waals surface area (Å²) in [7, 11) is 0. The van der Waals surface area contributed by atoms with Gasteiger partial charge in [0.2, 0.25) is 5.91 Å².